The van der Waals surface area contributed by atoms with E-state index in [-0.39, 0.29) is 5.97 Å². The molecule has 0 aromatic heterocycles. The lowest BCUT2D eigenvalue weighted by atomic mass is 9.89. The van der Waals surface area contributed by atoms with E-state index in [1.807, 2.05) is 13.8 Å². The molecule has 0 aromatic rings. The van der Waals surface area contributed by atoms with Crippen LogP contribution < -0.4 is 0 Å². The molecule has 1 aliphatic heterocycles. The lowest BCUT2D eigenvalue weighted by Gasteiger charge is -2.17. The molecule has 0 N–H and O–H groups in total. The van der Waals surface area contributed by atoms with Crippen LogP contribution in [0.4, 0.5) is 0 Å². The van der Waals surface area contributed by atoms with E-state index in [0.29, 0.717) is 19.5 Å². The molecule has 5 heteroatoms. The molecule has 0 amide bonds. The maximum absolute atomic E-state index is 10.8. The molecule has 1 aliphatic rings. The van der Waals surface area contributed by atoms with E-state index in [9.17, 15) is 4.79 Å². The molecule has 4 nitrogen and oxygen atoms in total. The Morgan fingerprint density at radius 1 is 1.67 bits per heavy atom. The largest absolute Gasteiger partial charge is 0.550 e. The van der Waals surface area contributed by atoms with Crippen LogP contribution >= 0.6 is 0 Å². The molecule has 1 fully saturated rings. The standard InChI is InChI=1S/C7H12BNO3/c1-6(2)9-5-8-11-4-3-7(10)12-8/h3-5H2,1-2H3. The van der Waals surface area contributed by atoms with Crippen LogP contribution in [0.3, 0.4) is 0 Å². The van der Waals surface area contributed by atoms with E-state index in [4.69, 9.17) is 9.31 Å². The number of carbonyl (C=O) groups excluding carboxylic acids is 1. The molecule has 1 rings (SSSR count). The second kappa shape index (κ2) is 4.26. The van der Waals surface area contributed by atoms with Crippen LogP contribution in [-0.2, 0) is 14.1 Å². The van der Waals surface area contributed by atoms with Crippen LogP contribution in [-0.4, -0.2) is 31.9 Å². The molecule has 0 bridgehead atoms. The first kappa shape index (κ1) is 9.25. The number of hydrogen-bond acceptors (Lipinski definition) is 4. The second-order valence-corrected chi connectivity index (χ2v) is 2.83. The van der Waals surface area contributed by atoms with Gasteiger partial charge in [0.2, 0.25) is 0 Å². The van der Waals surface area contributed by atoms with Crippen molar-refractivity contribution in [1.82, 2.24) is 0 Å². The highest BCUT2D eigenvalue weighted by Gasteiger charge is 2.27. The van der Waals surface area contributed by atoms with Crippen LogP contribution in [0.15, 0.2) is 4.99 Å². The normalized spacial score (nSPS) is 17.2. The van der Waals surface area contributed by atoms with E-state index < -0.39 is 7.12 Å². The number of rotatable bonds is 2. The van der Waals surface area contributed by atoms with Crippen molar-refractivity contribution >= 4 is 18.8 Å². The van der Waals surface area contributed by atoms with Gasteiger partial charge in [0.25, 0.3) is 5.97 Å². The van der Waals surface area contributed by atoms with E-state index in [0.717, 1.165) is 5.71 Å². The van der Waals surface area contributed by atoms with Crippen molar-refractivity contribution in [2.75, 3.05) is 13.1 Å². The Balaban J connectivity index is 2.32. The van der Waals surface area contributed by atoms with Crippen molar-refractivity contribution in [3.8, 4) is 0 Å². The summed E-state index contributed by atoms with van der Waals surface area (Å²) >= 11 is 0. The molecular formula is C7H12BNO3. The minimum atomic E-state index is -0.471. The Morgan fingerprint density at radius 2 is 2.42 bits per heavy atom. The Kier molecular flexibility index (Phi) is 3.28. The molecule has 0 aromatic carbocycles. The summed E-state index contributed by atoms with van der Waals surface area (Å²) in [5.74, 6) is -0.199. The van der Waals surface area contributed by atoms with Crippen LogP contribution in [0.2, 0.25) is 0 Å². The van der Waals surface area contributed by atoms with Gasteiger partial charge in [0.05, 0.1) is 12.9 Å². The third kappa shape index (κ3) is 3.05. The van der Waals surface area contributed by atoms with Gasteiger partial charge in [-0.25, -0.2) is 0 Å². The predicted molar refractivity (Wildman–Crippen MR) is 46.1 cm³/mol. The van der Waals surface area contributed by atoms with Gasteiger partial charge in [0.1, 0.15) is 0 Å². The summed E-state index contributed by atoms with van der Waals surface area (Å²) in [7, 11) is -0.471. The second-order valence-electron chi connectivity index (χ2n) is 2.83. The van der Waals surface area contributed by atoms with Gasteiger partial charge in [-0.05, 0) is 13.8 Å². The maximum Gasteiger partial charge on any atom is 0.550 e. The van der Waals surface area contributed by atoms with Gasteiger partial charge in [-0.15, -0.1) is 0 Å². The molecule has 0 atom stereocenters. The predicted octanol–water partition coefficient (Wildman–Crippen LogP) is 0.458. The fourth-order valence-corrected chi connectivity index (χ4v) is 0.860. The third-order valence-corrected chi connectivity index (χ3v) is 1.43. The molecule has 1 saturated heterocycles. The first-order valence-corrected chi connectivity index (χ1v) is 3.97. The van der Waals surface area contributed by atoms with Gasteiger partial charge < -0.3 is 9.31 Å². The first-order chi connectivity index (χ1) is 5.68. The van der Waals surface area contributed by atoms with Gasteiger partial charge >= 0.3 is 7.12 Å². The summed E-state index contributed by atoms with van der Waals surface area (Å²) in [6.07, 6.45) is 0.763. The maximum atomic E-state index is 10.8. The van der Waals surface area contributed by atoms with Gasteiger partial charge in [-0.1, -0.05) is 0 Å². The van der Waals surface area contributed by atoms with Crippen LogP contribution in [0, 0.1) is 0 Å². The van der Waals surface area contributed by atoms with Crippen molar-refractivity contribution in [2.45, 2.75) is 20.3 Å². The Bertz CT molecular complexity index is 201. The highest BCUT2D eigenvalue weighted by atomic mass is 16.6. The number of hydrogen-bond donors (Lipinski definition) is 0. The molecule has 0 saturated carbocycles. The molecule has 0 aliphatic carbocycles. The molecule has 0 radical (unpaired) electrons. The summed E-state index contributed by atoms with van der Waals surface area (Å²) in [6.45, 7) is 4.23. The number of nitrogens with zero attached hydrogens (tertiary/aromatic N) is 1. The topological polar surface area (TPSA) is 47.9 Å². The fourth-order valence-electron chi connectivity index (χ4n) is 0.860. The Labute approximate surface area is 72.1 Å². The van der Waals surface area contributed by atoms with E-state index in [2.05, 4.69) is 4.99 Å². The number of aliphatic imine (C=N–C) groups is 1. The quantitative estimate of drug-likeness (QED) is 0.445. The average Bonchev–Trinajstić information content (AvgIpc) is 2.01. The lowest BCUT2D eigenvalue weighted by molar-refractivity contribution is -0.139. The summed E-state index contributed by atoms with van der Waals surface area (Å²) in [6, 6.07) is 0. The highest BCUT2D eigenvalue weighted by molar-refractivity contribution is 6.47. The molecule has 66 valence electrons. The van der Waals surface area contributed by atoms with Crippen LogP contribution in [0.25, 0.3) is 0 Å². The smallest absolute Gasteiger partial charge is 0.508 e. The summed E-state index contributed by atoms with van der Waals surface area (Å²) in [4.78, 5) is 14.9. The lowest BCUT2D eigenvalue weighted by Crippen LogP contribution is -2.36. The molecular weight excluding hydrogens is 157 g/mol. The molecule has 0 spiro atoms. The van der Waals surface area contributed by atoms with Gasteiger partial charge in [0, 0.05) is 12.3 Å². The zero-order valence-electron chi connectivity index (χ0n) is 7.37. The SMILES string of the molecule is CC(C)=NCB1OCCC(=O)O1. The van der Waals surface area contributed by atoms with Crippen molar-refractivity contribution in [3.63, 3.8) is 0 Å². The monoisotopic (exact) mass is 169 g/mol. The zero-order valence-corrected chi connectivity index (χ0v) is 7.37. The zero-order chi connectivity index (χ0) is 8.97. The van der Waals surface area contributed by atoms with Crippen LogP contribution in [0.1, 0.15) is 20.3 Å². The Hall–Kier alpha value is -0.835. The average molecular weight is 169 g/mol. The fraction of sp³-hybridized carbons (Fsp3) is 0.714. The minimum absolute atomic E-state index is 0.199. The van der Waals surface area contributed by atoms with Gasteiger partial charge in [-0.2, -0.15) is 0 Å². The van der Waals surface area contributed by atoms with E-state index >= 15 is 0 Å². The first-order valence-electron chi connectivity index (χ1n) is 3.97. The molecule has 0 unspecified atom stereocenters. The molecule has 1 heterocycles. The van der Waals surface area contributed by atoms with Crippen molar-refractivity contribution in [2.24, 2.45) is 4.99 Å². The third-order valence-electron chi connectivity index (χ3n) is 1.43. The Morgan fingerprint density at radius 3 is 3.00 bits per heavy atom. The highest BCUT2D eigenvalue weighted by Crippen LogP contribution is 2.02. The van der Waals surface area contributed by atoms with E-state index in [1.165, 1.54) is 0 Å². The van der Waals surface area contributed by atoms with Gasteiger partial charge in [0.15, 0.2) is 0 Å². The summed E-state index contributed by atoms with van der Waals surface area (Å²) < 4.78 is 10.0. The van der Waals surface area contributed by atoms with Crippen LogP contribution in [0.5, 0.6) is 0 Å². The van der Waals surface area contributed by atoms with Crippen molar-refractivity contribution < 1.29 is 14.1 Å². The van der Waals surface area contributed by atoms with Crippen molar-refractivity contribution in [3.05, 3.63) is 0 Å². The summed E-state index contributed by atoms with van der Waals surface area (Å²) in [5, 5.41) is 0. The molecule has 12 heavy (non-hydrogen) atoms. The van der Waals surface area contributed by atoms with Gasteiger partial charge in [-0.3, -0.25) is 9.79 Å². The summed E-state index contributed by atoms with van der Waals surface area (Å²) in [5.41, 5.74) is 0.959. The number of carbonyl (C=O) groups is 1. The van der Waals surface area contributed by atoms with E-state index in [1.54, 1.807) is 0 Å². The van der Waals surface area contributed by atoms with Crippen molar-refractivity contribution in [1.29, 1.82) is 0 Å². The minimum Gasteiger partial charge on any atom is -0.508 e.